The molecule has 1 aromatic heterocycles. The van der Waals surface area contributed by atoms with E-state index in [4.69, 9.17) is 0 Å². The number of rotatable bonds is 4. The van der Waals surface area contributed by atoms with E-state index in [1.54, 1.807) is 23.1 Å². The van der Waals surface area contributed by atoms with Gasteiger partial charge in [0, 0.05) is 31.0 Å². The summed E-state index contributed by atoms with van der Waals surface area (Å²) in [5, 5.41) is 0. The molecule has 0 bridgehead atoms. The normalized spacial score (nSPS) is 15.0. The molecule has 0 unspecified atom stereocenters. The maximum absolute atomic E-state index is 12.4. The molecule has 1 fully saturated rings. The highest BCUT2D eigenvalue weighted by molar-refractivity contribution is 7.92. The van der Waals surface area contributed by atoms with E-state index in [9.17, 15) is 13.2 Å². The minimum Gasteiger partial charge on any atom is -0.312 e. The third kappa shape index (κ3) is 3.19. The Morgan fingerprint density at radius 1 is 1.26 bits per heavy atom. The van der Waals surface area contributed by atoms with E-state index in [2.05, 4.69) is 9.71 Å². The van der Waals surface area contributed by atoms with E-state index in [-0.39, 0.29) is 10.8 Å². The van der Waals surface area contributed by atoms with Crippen molar-refractivity contribution in [1.82, 2.24) is 4.98 Å². The summed E-state index contributed by atoms with van der Waals surface area (Å²) >= 11 is 0. The van der Waals surface area contributed by atoms with Crippen LogP contribution in [0.1, 0.15) is 18.4 Å². The summed E-state index contributed by atoms with van der Waals surface area (Å²) in [7, 11) is -3.70. The molecule has 1 aromatic carbocycles. The maximum atomic E-state index is 12.4. The number of amides is 1. The molecule has 7 heteroatoms. The zero-order chi connectivity index (χ0) is 16.4. The van der Waals surface area contributed by atoms with E-state index in [0.717, 1.165) is 17.7 Å². The standard InChI is InChI=1S/C16H17N3O3S/c1-12-6-7-13(10-15(12)19-9-3-5-16(19)20)18-23(21,22)14-4-2-8-17-11-14/h2,4,6-8,10-11,18H,3,5,9H2,1H3. The van der Waals surface area contributed by atoms with Gasteiger partial charge in [-0.1, -0.05) is 6.07 Å². The first-order valence-corrected chi connectivity index (χ1v) is 8.79. The van der Waals surface area contributed by atoms with Crippen molar-refractivity contribution >= 4 is 27.3 Å². The van der Waals surface area contributed by atoms with Crippen molar-refractivity contribution in [3.05, 3.63) is 48.3 Å². The number of aryl methyl sites for hydroxylation is 1. The van der Waals surface area contributed by atoms with Gasteiger partial charge >= 0.3 is 0 Å². The van der Waals surface area contributed by atoms with E-state index in [1.807, 2.05) is 13.0 Å². The molecule has 6 nitrogen and oxygen atoms in total. The van der Waals surface area contributed by atoms with Crippen LogP contribution < -0.4 is 9.62 Å². The van der Waals surface area contributed by atoms with Crippen LogP contribution in [0.2, 0.25) is 0 Å². The number of sulfonamides is 1. The van der Waals surface area contributed by atoms with Crippen molar-refractivity contribution in [2.24, 2.45) is 0 Å². The molecule has 0 spiro atoms. The van der Waals surface area contributed by atoms with Crippen LogP contribution in [0.15, 0.2) is 47.6 Å². The molecule has 120 valence electrons. The second-order valence-electron chi connectivity index (χ2n) is 5.44. The second-order valence-corrected chi connectivity index (χ2v) is 7.13. The third-order valence-electron chi connectivity index (χ3n) is 3.77. The molecule has 1 amide bonds. The number of hydrogen-bond donors (Lipinski definition) is 1. The molecule has 1 N–H and O–H groups in total. The van der Waals surface area contributed by atoms with E-state index in [0.29, 0.717) is 18.7 Å². The highest BCUT2D eigenvalue weighted by Crippen LogP contribution is 2.29. The Hall–Kier alpha value is -2.41. The number of carbonyl (C=O) groups excluding carboxylic acids is 1. The van der Waals surface area contributed by atoms with Crippen molar-refractivity contribution in [2.45, 2.75) is 24.7 Å². The first-order valence-electron chi connectivity index (χ1n) is 7.31. The van der Waals surface area contributed by atoms with Gasteiger partial charge < -0.3 is 4.90 Å². The van der Waals surface area contributed by atoms with Crippen molar-refractivity contribution < 1.29 is 13.2 Å². The summed E-state index contributed by atoms with van der Waals surface area (Å²) in [4.78, 5) is 17.6. The lowest BCUT2D eigenvalue weighted by atomic mass is 10.1. The predicted octanol–water partition coefficient (Wildman–Crippen LogP) is 2.32. The van der Waals surface area contributed by atoms with Gasteiger partial charge in [0.15, 0.2) is 0 Å². The van der Waals surface area contributed by atoms with Gasteiger partial charge in [-0.15, -0.1) is 0 Å². The smallest absolute Gasteiger partial charge is 0.263 e. The number of nitrogens with one attached hydrogen (secondary N) is 1. The fourth-order valence-electron chi connectivity index (χ4n) is 2.59. The largest absolute Gasteiger partial charge is 0.312 e. The van der Waals surface area contributed by atoms with Crippen molar-refractivity contribution in [2.75, 3.05) is 16.2 Å². The Morgan fingerprint density at radius 3 is 2.74 bits per heavy atom. The van der Waals surface area contributed by atoms with Crippen LogP contribution >= 0.6 is 0 Å². The van der Waals surface area contributed by atoms with Gasteiger partial charge in [0.2, 0.25) is 5.91 Å². The van der Waals surface area contributed by atoms with Crippen molar-refractivity contribution in [1.29, 1.82) is 0 Å². The van der Waals surface area contributed by atoms with Gasteiger partial charge in [-0.05, 0) is 43.2 Å². The first kappa shape index (κ1) is 15.5. The van der Waals surface area contributed by atoms with Gasteiger partial charge in [-0.2, -0.15) is 0 Å². The maximum Gasteiger partial charge on any atom is 0.263 e. The monoisotopic (exact) mass is 331 g/mol. The van der Waals surface area contributed by atoms with Crippen LogP contribution in [0.4, 0.5) is 11.4 Å². The van der Waals surface area contributed by atoms with Crippen LogP contribution in [0, 0.1) is 6.92 Å². The molecule has 2 heterocycles. The average Bonchev–Trinajstić information content (AvgIpc) is 2.96. The molecular weight excluding hydrogens is 314 g/mol. The Bertz CT molecular complexity index is 835. The lowest BCUT2D eigenvalue weighted by Gasteiger charge is -2.19. The second kappa shape index (κ2) is 6.00. The molecule has 1 aliphatic rings. The predicted molar refractivity (Wildman–Crippen MR) is 87.8 cm³/mol. The van der Waals surface area contributed by atoms with Crippen LogP contribution in [0.25, 0.3) is 0 Å². The van der Waals surface area contributed by atoms with Crippen LogP contribution in [0.3, 0.4) is 0 Å². The van der Waals surface area contributed by atoms with Crippen LogP contribution in [-0.2, 0) is 14.8 Å². The van der Waals surface area contributed by atoms with Crippen molar-refractivity contribution in [3.8, 4) is 0 Å². The molecule has 1 aliphatic heterocycles. The van der Waals surface area contributed by atoms with Gasteiger partial charge in [-0.3, -0.25) is 14.5 Å². The highest BCUT2D eigenvalue weighted by atomic mass is 32.2. The third-order valence-corrected chi connectivity index (χ3v) is 5.14. The first-order chi connectivity index (χ1) is 11.0. The Morgan fingerprint density at radius 2 is 2.09 bits per heavy atom. The molecule has 0 saturated carbocycles. The summed E-state index contributed by atoms with van der Waals surface area (Å²) in [6.45, 7) is 2.57. The topological polar surface area (TPSA) is 79.4 Å². The van der Waals surface area contributed by atoms with E-state index >= 15 is 0 Å². The molecule has 1 saturated heterocycles. The average molecular weight is 331 g/mol. The minimum absolute atomic E-state index is 0.0698. The zero-order valence-corrected chi connectivity index (χ0v) is 13.5. The lowest BCUT2D eigenvalue weighted by Crippen LogP contribution is -2.24. The SMILES string of the molecule is Cc1ccc(NS(=O)(=O)c2cccnc2)cc1N1CCCC1=O. The summed E-state index contributed by atoms with van der Waals surface area (Å²) in [5.74, 6) is 0.0698. The van der Waals surface area contributed by atoms with Gasteiger partial charge in [0.1, 0.15) is 4.90 Å². The Labute approximate surface area is 135 Å². The molecule has 23 heavy (non-hydrogen) atoms. The summed E-state index contributed by atoms with van der Waals surface area (Å²) in [6.07, 6.45) is 4.17. The van der Waals surface area contributed by atoms with Crippen molar-refractivity contribution in [3.63, 3.8) is 0 Å². The number of pyridine rings is 1. The number of hydrogen-bond acceptors (Lipinski definition) is 4. The Kier molecular flexibility index (Phi) is 4.04. The molecule has 0 aliphatic carbocycles. The minimum atomic E-state index is -3.70. The summed E-state index contributed by atoms with van der Waals surface area (Å²) in [5.41, 5.74) is 2.11. The van der Waals surface area contributed by atoms with Crippen LogP contribution in [0.5, 0.6) is 0 Å². The quantitative estimate of drug-likeness (QED) is 0.932. The molecular formula is C16H17N3O3S. The lowest BCUT2D eigenvalue weighted by molar-refractivity contribution is -0.117. The van der Waals surface area contributed by atoms with Gasteiger partial charge in [0.05, 0.1) is 5.69 Å². The summed E-state index contributed by atoms with van der Waals surface area (Å²) < 4.78 is 27.2. The van der Waals surface area contributed by atoms with Crippen LogP contribution in [-0.4, -0.2) is 25.9 Å². The fourth-order valence-corrected chi connectivity index (χ4v) is 3.60. The number of carbonyl (C=O) groups is 1. The number of anilines is 2. The summed E-state index contributed by atoms with van der Waals surface area (Å²) in [6, 6.07) is 8.24. The molecule has 0 radical (unpaired) electrons. The highest BCUT2D eigenvalue weighted by Gasteiger charge is 2.23. The van der Waals surface area contributed by atoms with E-state index < -0.39 is 10.0 Å². The van der Waals surface area contributed by atoms with Gasteiger partial charge in [-0.25, -0.2) is 8.42 Å². The van der Waals surface area contributed by atoms with Gasteiger partial charge in [0.25, 0.3) is 10.0 Å². The molecule has 3 rings (SSSR count). The van der Waals surface area contributed by atoms with E-state index in [1.165, 1.54) is 18.5 Å². The fraction of sp³-hybridized carbons (Fsp3) is 0.250. The molecule has 2 aromatic rings. The Balaban J connectivity index is 1.91. The molecule has 0 atom stereocenters. The number of benzene rings is 1. The number of aromatic nitrogens is 1. The zero-order valence-electron chi connectivity index (χ0n) is 12.7. The number of nitrogens with zero attached hydrogens (tertiary/aromatic N) is 2.